The van der Waals surface area contributed by atoms with Crippen LogP contribution in [0.1, 0.15) is 30.5 Å². The van der Waals surface area contributed by atoms with Crippen LogP contribution in [0.25, 0.3) is 0 Å². The van der Waals surface area contributed by atoms with Gasteiger partial charge in [0.05, 0.1) is 16.6 Å². The van der Waals surface area contributed by atoms with Crippen LogP contribution in [-0.4, -0.2) is 5.11 Å². The zero-order valence-electron chi connectivity index (χ0n) is 11.4. The number of phenols is 1. The summed E-state index contributed by atoms with van der Waals surface area (Å²) in [5.41, 5.74) is 2.07. The first-order valence-electron chi connectivity index (χ1n) is 6.49. The Kier molecular flexibility index (Phi) is 5.11. The van der Waals surface area contributed by atoms with Crippen molar-refractivity contribution < 1.29 is 5.11 Å². The fourth-order valence-electron chi connectivity index (χ4n) is 2.10. The summed E-state index contributed by atoms with van der Waals surface area (Å²) in [5, 5.41) is 22.7. The normalized spacial score (nSPS) is 11.7. The van der Waals surface area contributed by atoms with Gasteiger partial charge < -0.3 is 10.4 Å². The van der Waals surface area contributed by atoms with Gasteiger partial charge in [-0.05, 0) is 42.8 Å². The Morgan fingerprint density at radius 2 is 2.10 bits per heavy atom. The van der Waals surface area contributed by atoms with Crippen molar-refractivity contribution in [1.29, 1.82) is 5.26 Å². The van der Waals surface area contributed by atoms with Crippen molar-refractivity contribution in [2.75, 3.05) is 5.32 Å². The lowest BCUT2D eigenvalue weighted by Crippen LogP contribution is -2.10. The van der Waals surface area contributed by atoms with Gasteiger partial charge in [-0.1, -0.05) is 34.5 Å². The van der Waals surface area contributed by atoms with Gasteiger partial charge in [0.2, 0.25) is 0 Å². The molecule has 2 aromatic rings. The average molecular weight is 366 g/mol. The number of anilines is 1. The molecule has 108 valence electrons. The van der Waals surface area contributed by atoms with Gasteiger partial charge in [0.25, 0.3) is 0 Å². The van der Waals surface area contributed by atoms with Gasteiger partial charge in [0, 0.05) is 15.7 Å². The molecule has 1 atom stereocenters. The Hall–Kier alpha value is -1.70. The minimum Gasteiger partial charge on any atom is -0.508 e. The maximum atomic E-state index is 10.0. The molecule has 0 amide bonds. The second-order valence-electron chi connectivity index (χ2n) is 4.61. The number of nitriles is 1. The van der Waals surface area contributed by atoms with Crippen LogP contribution in [0.3, 0.4) is 0 Å². The highest BCUT2D eigenvalue weighted by atomic mass is 79.9. The first kappa shape index (κ1) is 15.7. The number of hydrogen-bond acceptors (Lipinski definition) is 3. The van der Waals surface area contributed by atoms with Crippen molar-refractivity contribution in [3.05, 3.63) is 57.0 Å². The Labute approximate surface area is 137 Å². The fourth-order valence-corrected chi connectivity index (χ4v) is 2.70. The number of rotatable bonds is 4. The molecular weight excluding hydrogens is 352 g/mol. The average Bonchev–Trinajstić information content (AvgIpc) is 2.47. The lowest BCUT2D eigenvalue weighted by atomic mass is 10.0. The second kappa shape index (κ2) is 6.84. The van der Waals surface area contributed by atoms with E-state index in [1.54, 1.807) is 24.3 Å². The van der Waals surface area contributed by atoms with Crippen LogP contribution in [0, 0.1) is 11.3 Å². The minimum atomic E-state index is -0.0495. The maximum Gasteiger partial charge on any atom is 0.120 e. The molecule has 0 spiro atoms. The van der Waals surface area contributed by atoms with E-state index in [1.165, 1.54) is 0 Å². The molecule has 0 aliphatic rings. The predicted molar refractivity (Wildman–Crippen MR) is 88.6 cm³/mol. The third kappa shape index (κ3) is 3.69. The van der Waals surface area contributed by atoms with Crippen molar-refractivity contribution in [2.24, 2.45) is 0 Å². The number of halogens is 2. The molecule has 0 aliphatic carbocycles. The molecule has 2 N–H and O–H groups in total. The lowest BCUT2D eigenvalue weighted by molar-refractivity contribution is 0.462. The summed E-state index contributed by atoms with van der Waals surface area (Å²) in [5.74, 6) is 0.247. The summed E-state index contributed by atoms with van der Waals surface area (Å²) in [6.07, 6.45) is 0.793. The molecule has 5 heteroatoms. The minimum absolute atomic E-state index is 0.0495. The third-order valence-corrected chi connectivity index (χ3v) is 4.01. The molecule has 0 aliphatic heterocycles. The van der Waals surface area contributed by atoms with Gasteiger partial charge in [-0.15, -0.1) is 0 Å². The van der Waals surface area contributed by atoms with Gasteiger partial charge in [-0.2, -0.15) is 5.26 Å². The molecule has 1 unspecified atom stereocenters. The topological polar surface area (TPSA) is 56.0 Å². The zero-order valence-corrected chi connectivity index (χ0v) is 13.7. The number of nitrogens with zero attached hydrogens (tertiary/aromatic N) is 1. The molecule has 2 rings (SSSR count). The van der Waals surface area contributed by atoms with Gasteiger partial charge >= 0.3 is 0 Å². The van der Waals surface area contributed by atoms with Crippen LogP contribution in [-0.2, 0) is 0 Å². The fraction of sp³-hybridized carbons (Fsp3) is 0.188. The standard InChI is InChI=1S/C16H14BrClN2O/c1-2-15(13-7-11(17)4-6-16(13)21)20-12-5-3-10(9-19)14(18)8-12/h3-8,15,20-21H,2H2,1H3. The summed E-state index contributed by atoms with van der Waals surface area (Å²) in [6, 6.07) is 12.5. The number of hydrogen-bond donors (Lipinski definition) is 2. The highest BCUT2D eigenvalue weighted by molar-refractivity contribution is 9.10. The highest BCUT2D eigenvalue weighted by Gasteiger charge is 2.14. The molecule has 2 aromatic carbocycles. The highest BCUT2D eigenvalue weighted by Crippen LogP contribution is 2.32. The Morgan fingerprint density at radius 3 is 2.71 bits per heavy atom. The molecular formula is C16H14BrClN2O. The van der Waals surface area contributed by atoms with E-state index in [1.807, 2.05) is 25.1 Å². The smallest absolute Gasteiger partial charge is 0.120 e. The van der Waals surface area contributed by atoms with Crippen LogP contribution in [0.15, 0.2) is 40.9 Å². The molecule has 3 nitrogen and oxygen atoms in total. The first-order chi connectivity index (χ1) is 10.0. The summed E-state index contributed by atoms with van der Waals surface area (Å²) in [7, 11) is 0. The lowest BCUT2D eigenvalue weighted by Gasteiger charge is -2.20. The molecule has 0 fully saturated rings. The Bertz CT molecular complexity index is 697. The van der Waals surface area contributed by atoms with Gasteiger partial charge in [0.1, 0.15) is 11.8 Å². The Morgan fingerprint density at radius 1 is 1.33 bits per heavy atom. The molecule has 0 saturated carbocycles. The number of phenolic OH excluding ortho intramolecular Hbond substituents is 1. The van der Waals surface area contributed by atoms with E-state index >= 15 is 0 Å². The predicted octanol–water partition coefficient (Wildman–Crippen LogP) is 5.24. The van der Waals surface area contributed by atoms with Crippen molar-refractivity contribution in [2.45, 2.75) is 19.4 Å². The number of aromatic hydroxyl groups is 1. The van der Waals surface area contributed by atoms with Crippen LogP contribution >= 0.6 is 27.5 Å². The molecule has 21 heavy (non-hydrogen) atoms. The van der Waals surface area contributed by atoms with Crippen molar-refractivity contribution >= 4 is 33.2 Å². The molecule has 0 saturated heterocycles. The molecule has 0 radical (unpaired) electrons. The number of benzene rings is 2. The SMILES string of the molecule is CCC(Nc1ccc(C#N)c(Cl)c1)c1cc(Br)ccc1O. The van der Waals surface area contributed by atoms with Crippen LogP contribution in [0.2, 0.25) is 5.02 Å². The Balaban J connectivity index is 2.29. The van der Waals surface area contributed by atoms with Crippen molar-refractivity contribution in [3.63, 3.8) is 0 Å². The second-order valence-corrected chi connectivity index (χ2v) is 5.94. The molecule has 0 aromatic heterocycles. The van der Waals surface area contributed by atoms with E-state index in [4.69, 9.17) is 16.9 Å². The largest absolute Gasteiger partial charge is 0.508 e. The van der Waals surface area contributed by atoms with Crippen molar-refractivity contribution in [3.8, 4) is 11.8 Å². The summed E-state index contributed by atoms with van der Waals surface area (Å²) in [4.78, 5) is 0. The summed E-state index contributed by atoms with van der Waals surface area (Å²) in [6.45, 7) is 2.03. The molecule has 0 heterocycles. The van der Waals surface area contributed by atoms with Gasteiger partial charge in [-0.25, -0.2) is 0 Å². The van der Waals surface area contributed by atoms with Gasteiger partial charge in [0.15, 0.2) is 0 Å². The van der Waals surface area contributed by atoms with E-state index < -0.39 is 0 Å². The van der Waals surface area contributed by atoms with Crippen molar-refractivity contribution in [1.82, 2.24) is 0 Å². The summed E-state index contributed by atoms with van der Waals surface area (Å²) < 4.78 is 0.911. The van der Waals surface area contributed by atoms with Gasteiger partial charge in [-0.3, -0.25) is 0 Å². The van der Waals surface area contributed by atoms with Crippen LogP contribution in [0.4, 0.5) is 5.69 Å². The van der Waals surface area contributed by atoms with Crippen LogP contribution < -0.4 is 5.32 Å². The number of nitrogens with one attached hydrogen (secondary N) is 1. The molecule has 0 bridgehead atoms. The summed E-state index contributed by atoms with van der Waals surface area (Å²) >= 11 is 9.45. The van der Waals surface area contributed by atoms with E-state index in [2.05, 4.69) is 21.2 Å². The maximum absolute atomic E-state index is 10.0. The van der Waals surface area contributed by atoms with E-state index in [0.29, 0.717) is 10.6 Å². The van der Waals surface area contributed by atoms with Crippen LogP contribution in [0.5, 0.6) is 5.75 Å². The third-order valence-electron chi connectivity index (χ3n) is 3.20. The monoisotopic (exact) mass is 364 g/mol. The van der Waals surface area contributed by atoms with E-state index in [9.17, 15) is 5.11 Å². The first-order valence-corrected chi connectivity index (χ1v) is 7.66. The zero-order chi connectivity index (χ0) is 15.4. The van der Waals surface area contributed by atoms with E-state index in [-0.39, 0.29) is 11.8 Å². The van der Waals surface area contributed by atoms with E-state index in [0.717, 1.165) is 22.1 Å². The quantitative estimate of drug-likeness (QED) is 0.778.